The summed E-state index contributed by atoms with van der Waals surface area (Å²) in [6.45, 7) is 5.65. The molecule has 4 nitrogen and oxygen atoms in total. The molecule has 0 aliphatic carbocycles. The lowest BCUT2D eigenvalue weighted by atomic mass is 10.2. The van der Waals surface area contributed by atoms with Crippen molar-refractivity contribution in [3.8, 4) is 0 Å². The summed E-state index contributed by atoms with van der Waals surface area (Å²) >= 11 is 0. The third-order valence-electron chi connectivity index (χ3n) is 2.30. The molecule has 0 aliphatic heterocycles. The third-order valence-corrected chi connectivity index (χ3v) is 2.30. The van der Waals surface area contributed by atoms with E-state index in [2.05, 4.69) is 6.58 Å². The smallest absolute Gasteiger partial charge is 0.311 e. The highest BCUT2D eigenvalue weighted by molar-refractivity contribution is 5.49. The molecular weight excluding hydrogens is 170 g/mol. The number of likely N-dealkylation sites (N-methyl/N-ethyl adjacent to an activating group) is 1. The Morgan fingerprint density at radius 3 is 2.38 bits per heavy atom. The van der Waals surface area contributed by atoms with Gasteiger partial charge in [-0.25, -0.2) is 0 Å². The predicted molar refractivity (Wildman–Crippen MR) is 49.6 cm³/mol. The third kappa shape index (κ3) is 3.26. The Balaban J connectivity index is 4.51. The first-order valence-electron chi connectivity index (χ1n) is 4.21. The lowest BCUT2D eigenvalue weighted by Crippen LogP contribution is -2.61. The summed E-state index contributed by atoms with van der Waals surface area (Å²) in [5, 5.41) is 18.9. The minimum absolute atomic E-state index is 0.0186. The first-order chi connectivity index (χ1) is 5.87. The number of aliphatic hydroxyl groups is 2. The number of aldehydes is 1. The van der Waals surface area contributed by atoms with Crippen LogP contribution in [0.1, 0.15) is 13.3 Å². The second-order valence-electron chi connectivity index (χ2n) is 3.52. The fourth-order valence-electron chi connectivity index (χ4n) is 1.10. The molecule has 0 fully saturated rings. The first-order valence-corrected chi connectivity index (χ1v) is 4.21. The molecule has 1 unspecified atom stereocenters. The number of carbonyl (C=O) groups is 1. The topological polar surface area (TPSA) is 57.5 Å². The molecule has 0 spiro atoms. The zero-order chi connectivity index (χ0) is 10.5. The van der Waals surface area contributed by atoms with E-state index in [1.807, 2.05) is 0 Å². The Morgan fingerprint density at radius 2 is 2.08 bits per heavy atom. The molecule has 0 saturated carbocycles. The summed E-state index contributed by atoms with van der Waals surface area (Å²) in [7, 11) is 1.67. The van der Waals surface area contributed by atoms with Crippen LogP contribution >= 0.6 is 0 Å². The van der Waals surface area contributed by atoms with Gasteiger partial charge in [0.15, 0.2) is 0 Å². The average molecular weight is 188 g/mol. The van der Waals surface area contributed by atoms with E-state index >= 15 is 0 Å². The Labute approximate surface area is 78.7 Å². The highest BCUT2D eigenvalue weighted by atomic mass is 16.5. The van der Waals surface area contributed by atoms with Crippen LogP contribution < -0.4 is 0 Å². The summed E-state index contributed by atoms with van der Waals surface area (Å²) in [6.07, 6.45) is 2.68. The van der Waals surface area contributed by atoms with Crippen LogP contribution in [0.3, 0.4) is 0 Å². The van der Waals surface area contributed by atoms with Crippen molar-refractivity contribution in [2.45, 2.75) is 19.3 Å². The number of hydrogen-bond acceptors (Lipinski definition) is 3. The number of hydrogen-bond donors (Lipinski definition) is 2. The summed E-state index contributed by atoms with van der Waals surface area (Å²) in [4.78, 5) is 10.2. The van der Waals surface area contributed by atoms with Crippen molar-refractivity contribution in [2.24, 2.45) is 0 Å². The van der Waals surface area contributed by atoms with E-state index in [0.29, 0.717) is 19.5 Å². The Kier molecular flexibility index (Phi) is 4.26. The maximum atomic E-state index is 10.2. The highest BCUT2D eigenvalue weighted by Crippen LogP contribution is 2.17. The zero-order valence-electron chi connectivity index (χ0n) is 8.23. The van der Waals surface area contributed by atoms with E-state index in [1.165, 1.54) is 6.92 Å². The molecule has 0 radical (unpaired) electrons. The molecule has 0 aromatic carbocycles. The van der Waals surface area contributed by atoms with E-state index in [9.17, 15) is 15.0 Å². The molecule has 0 aliphatic rings. The van der Waals surface area contributed by atoms with Crippen molar-refractivity contribution in [1.29, 1.82) is 0 Å². The monoisotopic (exact) mass is 188 g/mol. The lowest BCUT2D eigenvalue weighted by Gasteiger charge is -2.40. The highest BCUT2D eigenvalue weighted by Gasteiger charge is 2.39. The largest absolute Gasteiger partial charge is 0.319 e. The van der Waals surface area contributed by atoms with Gasteiger partial charge >= 0.3 is 5.91 Å². The second-order valence-corrected chi connectivity index (χ2v) is 3.52. The maximum absolute atomic E-state index is 10.2. The summed E-state index contributed by atoms with van der Waals surface area (Å²) in [6, 6.07) is 0. The van der Waals surface area contributed by atoms with Crippen LogP contribution in [0.2, 0.25) is 0 Å². The van der Waals surface area contributed by atoms with Crippen LogP contribution in [-0.2, 0) is 4.79 Å². The molecule has 0 heterocycles. The maximum Gasteiger partial charge on any atom is 0.311 e. The van der Waals surface area contributed by atoms with Gasteiger partial charge in [-0.15, -0.1) is 0 Å². The van der Waals surface area contributed by atoms with E-state index in [1.54, 1.807) is 13.1 Å². The fraction of sp³-hybridized carbons (Fsp3) is 0.667. The predicted octanol–water partition coefficient (Wildman–Crippen LogP) is -0.134. The molecule has 76 valence electrons. The van der Waals surface area contributed by atoms with Gasteiger partial charge in [0.1, 0.15) is 12.8 Å². The van der Waals surface area contributed by atoms with Gasteiger partial charge in [0.2, 0.25) is 0 Å². The van der Waals surface area contributed by atoms with Crippen LogP contribution in [0.15, 0.2) is 12.7 Å². The van der Waals surface area contributed by atoms with Crippen molar-refractivity contribution < 1.29 is 19.5 Å². The van der Waals surface area contributed by atoms with Crippen molar-refractivity contribution >= 4 is 6.29 Å². The normalized spacial score (nSPS) is 16.3. The van der Waals surface area contributed by atoms with Gasteiger partial charge in [-0.3, -0.25) is 4.48 Å². The molecule has 0 amide bonds. The lowest BCUT2D eigenvalue weighted by molar-refractivity contribution is -1.00. The molecule has 4 heteroatoms. The van der Waals surface area contributed by atoms with Gasteiger partial charge in [0, 0.05) is 6.92 Å². The van der Waals surface area contributed by atoms with Crippen LogP contribution in [0.4, 0.5) is 0 Å². The van der Waals surface area contributed by atoms with Gasteiger partial charge in [-0.2, -0.15) is 0 Å². The van der Waals surface area contributed by atoms with Gasteiger partial charge in [0.25, 0.3) is 0 Å². The molecule has 2 N–H and O–H groups in total. The van der Waals surface area contributed by atoms with E-state index < -0.39 is 5.91 Å². The Morgan fingerprint density at radius 1 is 1.54 bits per heavy atom. The summed E-state index contributed by atoms with van der Waals surface area (Å²) in [5.41, 5.74) is 0. The minimum Gasteiger partial charge on any atom is -0.319 e. The number of rotatable bonds is 6. The van der Waals surface area contributed by atoms with Gasteiger partial charge < -0.3 is 15.0 Å². The van der Waals surface area contributed by atoms with Crippen molar-refractivity contribution in [2.75, 3.05) is 20.1 Å². The molecule has 1 atom stereocenters. The molecule has 0 bridgehead atoms. The molecule has 0 aromatic rings. The van der Waals surface area contributed by atoms with Gasteiger partial charge in [-0.05, 0) is 6.08 Å². The van der Waals surface area contributed by atoms with E-state index in [4.69, 9.17) is 0 Å². The van der Waals surface area contributed by atoms with Gasteiger partial charge in [-0.1, -0.05) is 6.58 Å². The zero-order valence-corrected chi connectivity index (χ0v) is 8.23. The van der Waals surface area contributed by atoms with E-state index in [0.717, 1.165) is 6.29 Å². The molecule has 13 heavy (non-hydrogen) atoms. The molecule has 0 saturated heterocycles. The quantitative estimate of drug-likeness (QED) is 0.264. The SMILES string of the molecule is C=CC[N+](C)(CCC=O)C(C)(O)O. The minimum atomic E-state index is -1.84. The van der Waals surface area contributed by atoms with Crippen molar-refractivity contribution in [3.63, 3.8) is 0 Å². The van der Waals surface area contributed by atoms with Crippen molar-refractivity contribution in [1.82, 2.24) is 0 Å². The summed E-state index contributed by atoms with van der Waals surface area (Å²) in [5.74, 6) is -1.84. The Hall–Kier alpha value is -0.710. The number of carbonyl (C=O) groups excluding carboxylic acids is 1. The van der Waals surface area contributed by atoms with Crippen LogP contribution in [0.5, 0.6) is 0 Å². The molecule has 0 rings (SSSR count). The molecule has 0 aromatic heterocycles. The fourth-order valence-corrected chi connectivity index (χ4v) is 1.10. The van der Waals surface area contributed by atoms with Gasteiger partial charge in [0.05, 0.1) is 20.0 Å². The number of quaternary nitrogens is 1. The second kappa shape index (κ2) is 4.50. The van der Waals surface area contributed by atoms with E-state index in [-0.39, 0.29) is 4.48 Å². The standard InChI is InChI=1S/C9H18NO3/c1-4-6-10(3,7-5-8-11)9(2,12)13/h4,8,12-13H,1,5-7H2,2-3H3/q+1. The Bertz CT molecular complexity index is 186. The summed E-state index contributed by atoms with van der Waals surface area (Å²) < 4.78 is -0.0186. The molecular formula is C9H18NO3+. The van der Waals surface area contributed by atoms with Crippen LogP contribution in [0, 0.1) is 0 Å². The number of nitrogens with zero attached hydrogens (tertiary/aromatic N) is 1. The van der Waals surface area contributed by atoms with Crippen molar-refractivity contribution in [3.05, 3.63) is 12.7 Å². The first kappa shape index (κ1) is 12.3. The van der Waals surface area contributed by atoms with Crippen LogP contribution in [0.25, 0.3) is 0 Å². The average Bonchev–Trinajstić information content (AvgIpc) is 1.99. The van der Waals surface area contributed by atoms with Crippen LogP contribution in [-0.4, -0.2) is 47.0 Å².